The van der Waals surface area contributed by atoms with Gasteiger partial charge in [0.05, 0.1) is 11.4 Å². The second kappa shape index (κ2) is 2.49. The third-order valence-corrected chi connectivity index (χ3v) is 1.22. The fourth-order valence-corrected chi connectivity index (χ4v) is 0.712. The van der Waals surface area contributed by atoms with Gasteiger partial charge in [0, 0.05) is 13.2 Å². The zero-order valence-electron chi connectivity index (χ0n) is 5.63. The summed E-state index contributed by atoms with van der Waals surface area (Å²) in [4.78, 5) is 4.06. The van der Waals surface area contributed by atoms with Crippen LogP contribution >= 0.6 is 0 Å². The number of aryl methyl sites for hydroxylation is 1. The summed E-state index contributed by atoms with van der Waals surface area (Å²) in [7, 11) is 1.77. The van der Waals surface area contributed by atoms with Crippen LogP contribution in [0.3, 0.4) is 0 Å². The van der Waals surface area contributed by atoms with E-state index in [1.165, 1.54) is 0 Å². The van der Waals surface area contributed by atoms with Crippen molar-refractivity contribution in [2.45, 2.75) is 6.92 Å². The molecule has 0 fully saturated rings. The van der Waals surface area contributed by atoms with Gasteiger partial charge < -0.3 is 0 Å². The zero-order valence-corrected chi connectivity index (χ0v) is 5.63. The van der Waals surface area contributed by atoms with Gasteiger partial charge in [0.15, 0.2) is 0 Å². The van der Waals surface area contributed by atoms with E-state index in [1.54, 1.807) is 13.2 Å². The minimum atomic E-state index is 0.970. The van der Waals surface area contributed by atoms with E-state index in [0.29, 0.717) is 0 Å². The van der Waals surface area contributed by atoms with Gasteiger partial charge in [-0.15, -0.1) is 0 Å². The third-order valence-electron chi connectivity index (χ3n) is 1.22. The van der Waals surface area contributed by atoms with Crippen LogP contribution in [0.5, 0.6) is 0 Å². The predicted octanol–water partition coefficient (Wildman–Crippen LogP) is 1.26. The highest BCUT2D eigenvalue weighted by Crippen LogP contribution is 2.07. The third kappa shape index (κ3) is 1.19. The van der Waals surface area contributed by atoms with Crippen LogP contribution < -0.4 is 5.32 Å². The van der Waals surface area contributed by atoms with Gasteiger partial charge >= 0.3 is 0 Å². The molecule has 1 radical (unpaired) electrons. The average molecular weight is 121 g/mol. The van der Waals surface area contributed by atoms with Crippen LogP contribution in [-0.4, -0.2) is 12.0 Å². The Labute approximate surface area is 54.9 Å². The first-order valence-corrected chi connectivity index (χ1v) is 2.86. The lowest BCUT2D eigenvalue weighted by atomic mass is 10.3. The molecule has 0 N–H and O–H groups in total. The predicted molar refractivity (Wildman–Crippen MR) is 36.7 cm³/mol. The van der Waals surface area contributed by atoms with Crippen LogP contribution in [0, 0.1) is 6.92 Å². The molecule has 0 aliphatic rings. The number of hydrogen-bond donors (Lipinski definition) is 0. The lowest BCUT2D eigenvalue weighted by Gasteiger charge is -1.97. The first-order valence-electron chi connectivity index (χ1n) is 2.86. The smallest absolute Gasteiger partial charge is 0.0783 e. The molecule has 1 heterocycles. The number of nitrogens with zero attached hydrogens (tertiary/aromatic N) is 2. The van der Waals surface area contributed by atoms with Gasteiger partial charge in [-0.25, -0.2) is 0 Å². The highest BCUT2D eigenvalue weighted by Gasteiger charge is 1.92. The number of pyridine rings is 1. The molecule has 1 aromatic rings. The fraction of sp³-hybridized carbons (Fsp3) is 0.286. The highest BCUT2D eigenvalue weighted by atomic mass is 14.9. The SMILES string of the molecule is C[N]c1cccnc1C. The highest BCUT2D eigenvalue weighted by molar-refractivity contribution is 5.38. The molecule has 0 atom stereocenters. The Morgan fingerprint density at radius 3 is 2.78 bits per heavy atom. The Morgan fingerprint density at radius 2 is 2.33 bits per heavy atom. The van der Waals surface area contributed by atoms with Crippen LogP contribution in [0.4, 0.5) is 5.69 Å². The minimum absolute atomic E-state index is 0.970. The van der Waals surface area contributed by atoms with Gasteiger partial charge in [-0.3, -0.25) is 10.3 Å². The van der Waals surface area contributed by atoms with Gasteiger partial charge in [-0.1, -0.05) is 0 Å². The van der Waals surface area contributed by atoms with E-state index in [9.17, 15) is 0 Å². The van der Waals surface area contributed by atoms with E-state index in [0.717, 1.165) is 11.4 Å². The molecule has 1 rings (SSSR count). The first kappa shape index (κ1) is 6.08. The summed E-state index contributed by atoms with van der Waals surface area (Å²) in [6, 6.07) is 3.83. The molecular formula is C7H9N2. The largest absolute Gasteiger partial charge is 0.287 e. The van der Waals surface area contributed by atoms with Crippen molar-refractivity contribution in [2.24, 2.45) is 0 Å². The molecule has 47 valence electrons. The lowest BCUT2D eigenvalue weighted by Crippen LogP contribution is -1.90. The maximum atomic E-state index is 4.06. The molecule has 0 aliphatic carbocycles. The van der Waals surface area contributed by atoms with E-state index in [1.807, 2.05) is 19.1 Å². The second-order valence-electron chi connectivity index (χ2n) is 1.83. The van der Waals surface area contributed by atoms with Crippen LogP contribution in [0.1, 0.15) is 5.69 Å². The Balaban J connectivity index is 3.01. The summed E-state index contributed by atoms with van der Waals surface area (Å²) in [6.07, 6.45) is 1.77. The van der Waals surface area contributed by atoms with Crippen molar-refractivity contribution >= 4 is 5.69 Å². The van der Waals surface area contributed by atoms with Crippen molar-refractivity contribution < 1.29 is 0 Å². The molecule has 2 heteroatoms. The van der Waals surface area contributed by atoms with Crippen LogP contribution in [0.2, 0.25) is 0 Å². The summed E-state index contributed by atoms with van der Waals surface area (Å²) >= 11 is 0. The van der Waals surface area contributed by atoms with Crippen LogP contribution in [0.15, 0.2) is 18.3 Å². The van der Waals surface area contributed by atoms with Crippen molar-refractivity contribution in [3.05, 3.63) is 24.0 Å². The summed E-state index contributed by atoms with van der Waals surface area (Å²) in [5.74, 6) is 0. The van der Waals surface area contributed by atoms with E-state index in [-0.39, 0.29) is 0 Å². The first-order chi connectivity index (χ1) is 4.34. The number of aromatic nitrogens is 1. The van der Waals surface area contributed by atoms with Gasteiger partial charge in [-0.2, -0.15) is 0 Å². The quantitative estimate of drug-likeness (QED) is 0.549. The maximum absolute atomic E-state index is 4.06. The maximum Gasteiger partial charge on any atom is 0.0783 e. The second-order valence-corrected chi connectivity index (χ2v) is 1.83. The Kier molecular flexibility index (Phi) is 1.68. The van der Waals surface area contributed by atoms with E-state index in [2.05, 4.69) is 10.3 Å². The van der Waals surface area contributed by atoms with Crippen molar-refractivity contribution in [3.63, 3.8) is 0 Å². The molecule has 0 aliphatic heterocycles. The van der Waals surface area contributed by atoms with E-state index >= 15 is 0 Å². The van der Waals surface area contributed by atoms with Crippen molar-refractivity contribution in [1.29, 1.82) is 0 Å². The molecule has 1 aromatic heterocycles. The topological polar surface area (TPSA) is 27.0 Å². The molecule has 0 amide bonds. The molecule has 2 nitrogen and oxygen atoms in total. The number of rotatable bonds is 1. The monoisotopic (exact) mass is 121 g/mol. The molecule has 0 bridgehead atoms. The van der Waals surface area contributed by atoms with E-state index < -0.39 is 0 Å². The summed E-state index contributed by atoms with van der Waals surface area (Å²) in [5.41, 5.74) is 1.96. The molecule has 0 unspecified atom stereocenters. The summed E-state index contributed by atoms with van der Waals surface area (Å²) < 4.78 is 0. The van der Waals surface area contributed by atoms with Gasteiger partial charge in [0.2, 0.25) is 0 Å². The van der Waals surface area contributed by atoms with Crippen LogP contribution in [0.25, 0.3) is 0 Å². The minimum Gasteiger partial charge on any atom is -0.287 e. The molecule has 0 spiro atoms. The van der Waals surface area contributed by atoms with Gasteiger partial charge in [0.1, 0.15) is 0 Å². The standard InChI is InChI=1S/C7H9N2/c1-6-7(8-2)4-3-5-9-6/h3-5H,1-2H3. The Hall–Kier alpha value is -1.05. The van der Waals surface area contributed by atoms with Crippen molar-refractivity contribution in [1.82, 2.24) is 10.3 Å². The molecular weight excluding hydrogens is 112 g/mol. The van der Waals surface area contributed by atoms with Crippen molar-refractivity contribution in [3.8, 4) is 0 Å². The Bertz CT molecular complexity index is 196. The van der Waals surface area contributed by atoms with Gasteiger partial charge in [0.25, 0.3) is 0 Å². The molecule has 9 heavy (non-hydrogen) atoms. The molecule has 0 aromatic carbocycles. The van der Waals surface area contributed by atoms with Gasteiger partial charge in [-0.05, 0) is 19.1 Å². The van der Waals surface area contributed by atoms with Crippen molar-refractivity contribution in [2.75, 3.05) is 7.05 Å². The van der Waals surface area contributed by atoms with E-state index in [4.69, 9.17) is 0 Å². The Morgan fingerprint density at radius 1 is 1.56 bits per heavy atom. The molecule has 0 saturated heterocycles. The molecule has 0 saturated carbocycles. The summed E-state index contributed by atoms with van der Waals surface area (Å²) in [6.45, 7) is 1.95. The zero-order chi connectivity index (χ0) is 6.69. The summed E-state index contributed by atoms with van der Waals surface area (Å²) in [5, 5.41) is 4.01. The average Bonchev–Trinajstić information content (AvgIpc) is 1.89. The van der Waals surface area contributed by atoms with Crippen LogP contribution in [-0.2, 0) is 0 Å². The normalized spacial score (nSPS) is 9.11. The number of hydrogen-bond acceptors (Lipinski definition) is 1. The fourth-order valence-electron chi connectivity index (χ4n) is 0.712. The lowest BCUT2D eigenvalue weighted by molar-refractivity contribution is 1.03.